The number of rotatable bonds is 3. The predicted octanol–water partition coefficient (Wildman–Crippen LogP) is 3.42. The molecule has 19 heavy (non-hydrogen) atoms. The zero-order valence-electron chi connectivity index (χ0n) is 10.3. The Morgan fingerprint density at radius 3 is 2.74 bits per heavy atom. The molecule has 2 aromatic rings. The van der Waals surface area contributed by atoms with Gasteiger partial charge in [-0.2, -0.15) is 0 Å². The third kappa shape index (κ3) is 2.60. The Morgan fingerprint density at radius 1 is 1.16 bits per heavy atom. The molecule has 0 spiro atoms. The van der Waals surface area contributed by atoms with Gasteiger partial charge in [-0.1, -0.05) is 30.3 Å². The third-order valence-corrected chi connectivity index (χ3v) is 3.76. The molecule has 0 saturated carbocycles. The van der Waals surface area contributed by atoms with Gasteiger partial charge < -0.3 is 15.2 Å². The molecule has 2 aromatic carbocycles. The second-order valence-corrected chi connectivity index (χ2v) is 5.39. The fraction of sp³-hybridized carbons (Fsp3) is 0.200. The Kier molecular flexibility index (Phi) is 3.44. The van der Waals surface area contributed by atoms with Crippen LogP contribution in [0.4, 0.5) is 0 Å². The number of ether oxygens (including phenoxy) is 2. The highest BCUT2D eigenvalue weighted by molar-refractivity contribution is 9.10. The van der Waals surface area contributed by atoms with Crippen molar-refractivity contribution in [2.75, 3.05) is 6.79 Å². The summed E-state index contributed by atoms with van der Waals surface area (Å²) < 4.78 is 11.7. The van der Waals surface area contributed by atoms with Crippen LogP contribution in [0.25, 0.3) is 0 Å². The first kappa shape index (κ1) is 12.5. The van der Waals surface area contributed by atoms with Gasteiger partial charge in [0.05, 0.1) is 4.47 Å². The molecule has 98 valence electrons. The summed E-state index contributed by atoms with van der Waals surface area (Å²) in [6, 6.07) is 14.1. The van der Waals surface area contributed by atoms with Crippen LogP contribution in [-0.4, -0.2) is 6.79 Å². The van der Waals surface area contributed by atoms with Crippen LogP contribution in [0.15, 0.2) is 46.9 Å². The summed E-state index contributed by atoms with van der Waals surface area (Å²) in [5, 5.41) is 0. The van der Waals surface area contributed by atoms with Crippen molar-refractivity contribution >= 4 is 15.9 Å². The fourth-order valence-corrected chi connectivity index (χ4v) is 2.81. The number of nitrogens with two attached hydrogens (primary N) is 1. The number of benzene rings is 2. The van der Waals surface area contributed by atoms with E-state index in [0.717, 1.165) is 33.5 Å². The van der Waals surface area contributed by atoms with E-state index in [0.29, 0.717) is 0 Å². The molecule has 1 aliphatic heterocycles. The Morgan fingerprint density at radius 2 is 1.95 bits per heavy atom. The minimum Gasteiger partial charge on any atom is -0.454 e. The lowest BCUT2D eigenvalue weighted by Gasteiger charge is -2.13. The lowest BCUT2D eigenvalue weighted by atomic mass is 9.99. The largest absolute Gasteiger partial charge is 0.454 e. The molecule has 0 aromatic heterocycles. The van der Waals surface area contributed by atoms with Crippen LogP contribution in [-0.2, 0) is 6.42 Å². The molecular formula is C15H14BrNO2. The van der Waals surface area contributed by atoms with Crippen LogP contribution >= 0.6 is 15.9 Å². The average Bonchev–Trinajstić information content (AvgIpc) is 2.88. The highest BCUT2D eigenvalue weighted by atomic mass is 79.9. The summed E-state index contributed by atoms with van der Waals surface area (Å²) in [5.74, 6) is 1.56. The van der Waals surface area contributed by atoms with Gasteiger partial charge in [-0.3, -0.25) is 0 Å². The van der Waals surface area contributed by atoms with Gasteiger partial charge in [0.15, 0.2) is 11.5 Å². The second kappa shape index (κ2) is 5.23. The smallest absolute Gasteiger partial charge is 0.231 e. The van der Waals surface area contributed by atoms with Gasteiger partial charge in [0, 0.05) is 6.04 Å². The van der Waals surface area contributed by atoms with Crippen molar-refractivity contribution in [1.29, 1.82) is 0 Å². The summed E-state index contributed by atoms with van der Waals surface area (Å²) in [6.07, 6.45) is 0.763. The molecule has 0 radical (unpaired) electrons. The van der Waals surface area contributed by atoms with Gasteiger partial charge in [0.1, 0.15) is 0 Å². The van der Waals surface area contributed by atoms with Crippen LogP contribution < -0.4 is 15.2 Å². The Balaban J connectivity index is 1.82. The molecule has 1 atom stereocenters. The first-order valence-corrected chi connectivity index (χ1v) is 6.92. The van der Waals surface area contributed by atoms with E-state index in [4.69, 9.17) is 15.2 Å². The van der Waals surface area contributed by atoms with Gasteiger partial charge in [-0.15, -0.1) is 0 Å². The molecular weight excluding hydrogens is 306 g/mol. The normalized spacial score (nSPS) is 14.4. The van der Waals surface area contributed by atoms with Crippen molar-refractivity contribution in [2.24, 2.45) is 5.73 Å². The summed E-state index contributed by atoms with van der Waals surface area (Å²) in [5.41, 5.74) is 8.50. The maximum Gasteiger partial charge on any atom is 0.231 e. The van der Waals surface area contributed by atoms with Crippen LogP contribution in [0, 0.1) is 0 Å². The highest BCUT2D eigenvalue weighted by Gasteiger charge is 2.18. The van der Waals surface area contributed by atoms with Crippen LogP contribution in [0.5, 0.6) is 11.5 Å². The van der Waals surface area contributed by atoms with Gasteiger partial charge in [-0.25, -0.2) is 0 Å². The maximum absolute atomic E-state index is 6.23. The lowest BCUT2D eigenvalue weighted by molar-refractivity contribution is 0.173. The van der Waals surface area contributed by atoms with Crippen molar-refractivity contribution in [2.45, 2.75) is 12.5 Å². The van der Waals surface area contributed by atoms with Crippen LogP contribution in [0.3, 0.4) is 0 Å². The van der Waals surface area contributed by atoms with E-state index in [1.54, 1.807) is 0 Å². The standard InChI is InChI=1S/C15H14BrNO2/c16-12-6-10(8-14-15(12)19-9-18-14)7-13(17)11-4-2-1-3-5-11/h1-6,8,13H,7,9,17H2. The summed E-state index contributed by atoms with van der Waals surface area (Å²) >= 11 is 3.50. The third-order valence-electron chi connectivity index (χ3n) is 3.17. The molecule has 1 heterocycles. The molecule has 3 nitrogen and oxygen atoms in total. The zero-order valence-corrected chi connectivity index (χ0v) is 11.9. The van der Waals surface area contributed by atoms with Gasteiger partial charge in [-0.05, 0) is 45.6 Å². The van der Waals surface area contributed by atoms with Gasteiger partial charge >= 0.3 is 0 Å². The molecule has 3 rings (SSSR count). The SMILES string of the molecule is NC(Cc1cc(Br)c2c(c1)OCO2)c1ccccc1. The minimum absolute atomic E-state index is 0.0199. The van der Waals surface area contributed by atoms with Crippen LogP contribution in [0.2, 0.25) is 0 Å². The quantitative estimate of drug-likeness (QED) is 0.942. The first-order chi connectivity index (χ1) is 9.24. The van der Waals surface area contributed by atoms with E-state index >= 15 is 0 Å². The fourth-order valence-electron chi connectivity index (χ4n) is 2.21. The molecule has 2 N–H and O–H groups in total. The van der Waals surface area contributed by atoms with Crippen molar-refractivity contribution < 1.29 is 9.47 Å². The van der Waals surface area contributed by atoms with Crippen LogP contribution in [0.1, 0.15) is 17.2 Å². The second-order valence-electron chi connectivity index (χ2n) is 4.53. The van der Waals surface area contributed by atoms with E-state index < -0.39 is 0 Å². The number of hydrogen-bond acceptors (Lipinski definition) is 3. The van der Waals surface area contributed by atoms with Crippen molar-refractivity contribution in [3.8, 4) is 11.5 Å². The molecule has 4 heteroatoms. The molecule has 1 aliphatic rings. The number of hydrogen-bond donors (Lipinski definition) is 1. The molecule has 0 bridgehead atoms. The molecule has 0 amide bonds. The van der Waals surface area contributed by atoms with Crippen molar-refractivity contribution in [1.82, 2.24) is 0 Å². The average molecular weight is 320 g/mol. The van der Waals surface area contributed by atoms with E-state index in [-0.39, 0.29) is 12.8 Å². The Hall–Kier alpha value is -1.52. The van der Waals surface area contributed by atoms with E-state index in [9.17, 15) is 0 Å². The zero-order chi connectivity index (χ0) is 13.2. The predicted molar refractivity (Wildman–Crippen MR) is 77.3 cm³/mol. The van der Waals surface area contributed by atoms with Crippen molar-refractivity contribution in [3.05, 3.63) is 58.1 Å². The summed E-state index contributed by atoms with van der Waals surface area (Å²) in [7, 11) is 0. The Labute approximate surface area is 120 Å². The molecule has 0 fully saturated rings. The van der Waals surface area contributed by atoms with Gasteiger partial charge in [0.25, 0.3) is 0 Å². The molecule has 1 unspecified atom stereocenters. The first-order valence-electron chi connectivity index (χ1n) is 6.12. The monoisotopic (exact) mass is 319 g/mol. The molecule has 0 aliphatic carbocycles. The van der Waals surface area contributed by atoms with Crippen molar-refractivity contribution in [3.63, 3.8) is 0 Å². The summed E-state index contributed by atoms with van der Waals surface area (Å²) in [6.45, 7) is 0.280. The number of halogens is 1. The summed E-state index contributed by atoms with van der Waals surface area (Å²) in [4.78, 5) is 0. The minimum atomic E-state index is -0.0199. The van der Waals surface area contributed by atoms with E-state index in [1.165, 1.54) is 0 Å². The maximum atomic E-state index is 6.23. The van der Waals surface area contributed by atoms with Gasteiger partial charge in [0.2, 0.25) is 6.79 Å². The molecule has 0 saturated heterocycles. The number of fused-ring (bicyclic) bond motifs is 1. The lowest BCUT2D eigenvalue weighted by Crippen LogP contribution is -2.13. The highest BCUT2D eigenvalue weighted by Crippen LogP contribution is 2.40. The van der Waals surface area contributed by atoms with E-state index in [1.807, 2.05) is 42.5 Å². The van der Waals surface area contributed by atoms with E-state index in [2.05, 4.69) is 15.9 Å². The topological polar surface area (TPSA) is 44.5 Å². The Bertz CT molecular complexity index is 586.